The van der Waals surface area contributed by atoms with Crippen molar-refractivity contribution < 1.29 is 14.6 Å². The number of likely N-dealkylation sites (tertiary alicyclic amines) is 1. The number of aliphatic hydroxyl groups excluding tert-OH is 1. The van der Waals surface area contributed by atoms with E-state index in [1.807, 2.05) is 49.1 Å². The molecule has 29 heavy (non-hydrogen) atoms. The SMILES string of the molecule is CN1CC[C@H]2CC(=O)N(Cc3ccccc3)C[C@H](O)C(C)(C)COCCC[C@H]2C1. The molecule has 1 N–H and O–H groups in total. The van der Waals surface area contributed by atoms with Crippen molar-refractivity contribution in [1.82, 2.24) is 9.80 Å². The lowest BCUT2D eigenvalue weighted by molar-refractivity contribution is -0.137. The van der Waals surface area contributed by atoms with Gasteiger partial charge in [0.25, 0.3) is 0 Å². The van der Waals surface area contributed by atoms with Gasteiger partial charge in [0, 0.05) is 38.1 Å². The number of rotatable bonds is 2. The molecule has 0 radical (unpaired) electrons. The zero-order chi connectivity index (χ0) is 20.9. The van der Waals surface area contributed by atoms with Gasteiger partial charge in [-0.1, -0.05) is 44.2 Å². The van der Waals surface area contributed by atoms with Crippen molar-refractivity contribution in [3.05, 3.63) is 35.9 Å². The molecule has 0 unspecified atom stereocenters. The van der Waals surface area contributed by atoms with Gasteiger partial charge in [-0.05, 0) is 50.3 Å². The third-order valence-corrected chi connectivity index (χ3v) is 6.73. The highest BCUT2D eigenvalue weighted by Gasteiger charge is 2.34. The monoisotopic (exact) mass is 402 g/mol. The number of nitrogens with zero attached hydrogens (tertiary/aromatic N) is 2. The van der Waals surface area contributed by atoms with Crippen LogP contribution in [0, 0.1) is 17.3 Å². The van der Waals surface area contributed by atoms with E-state index < -0.39 is 11.5 Å². The summed E-state index contributed by atoms with van der Waals surface area (Å²) in [6, 6.07) is 10.1. The number of hydrogen-bond acceptors (Lipinski definition) is 4. The lowest BCUT2D eigenvalue weighted by Crippen LogP contribution is -2.46. The Morgan fingerprint density at radius 1 is 1.14 bits per heavy atom. The molecule has 0 spiro atoms. The van der Waals surface area contributed by atoms with Crippen molar-refractivity contribution in [2.24, 2.45) is 17.3 Å². The van der Waals surface area contributed by atoms with E-state index in [1.165, 1.54) is 0 Å². The first-order valence-electron chi connectivity index (χ1n) is 11.1. The van der Waals surface area contributed by atoms with Crippen LogP contribution in [0.2, 0.25) is 0 Å². The summed E-state index contributed by atoms with van der Waals surface area (Å²) in [6.07, 6.45) is 3.15. The third kappa shape index (κ3) is 6.27. The Labute approximate surface area is 176 Å². The van der Waals surface area contributed by atoms with Crippen molar-refractivity contribution in [2.75, 3.05) is 39.9 Å². The summed E-state index contributed by atoms with van der Waals surface area (Å²) in [7, 11) is 2.18. The fourth-order valence-electron chi connectivity index (χ4n) is 4.60. The Bertz CT molecular complexity index is 649. The zero-order valence-corrected chi connectivity index (χ0v) is 18.3. The molecule has 1 amide bonds. The van der Waals surface area contributed by atoms with E-state index in [-0.39, 0.29) is 5.91 Å². The Balaban J connectivity index is 1.80. The molecule has 1 aromatic carbocycles. The number of benzene rings is 1. The Morgan fingerprint density at radius 3 is 2.66 bits per heavy atom. The van der Waals surface area contributed by atoms with Crippen LogP contribution in [0.5, 0.6) is 0 Å². The van der Waals surface area contributed by atoms with Crippen LogP contribution in [-0.2, 0) is 16.1 Å². The summed E-state index contributed by atoms with van der Waals surface area (Å²) in [4.78, 5) is 17.6. The zero-order valence-electron chi connectivity index (χ0n) is 18.3. The van der Waals surface area contributed by atoms with Crippen LogP contribution in [0.25, 0.3) is 0 Å². The molecule has 0 aliphatic carbocycles. The van der Waals surface area contributed by atoms with Crippen molar-refractivity contribution in [1.29, 1.82) is 0 Å². The standard InChI is InChI=1S/C24H38N2O3/c1-24(2)18-29-13-7-10-21-16-25(3)12-11-20(21)14-23(28)26(17-22(24)27)15-19-8-5-4-6-9-19/h4-6,8-9,20-22,27H,7,10-18H2,1-3H3/t20-,21-,22-/m0/s1. The molecule has 2 aliphatic rings. The molecule has 3 rings (SSSR count). The molecule has 0 saturated carbocycles. The summed E-state index contributed by atoms with van der Waals surface area (Å²) in [5, 5.41) is 10.9. The first kappa shape index (κ1) is 22.3. The molecule has 2 fully saturated rings. The highest BCUT2D eigenvalue weighted by Crippen LogP contribution is 2.31. The molecular weight excluding hydrogens is 364 g/mol. The fraction of sp³-hybridized carbons (Fsp3) is 0.708. The molecule has 3 atom stereocenters. The summed E-state index contributed by atoms with van der Waals surface area (Å²) in [5.74, 6) is 1.13. The van der Waals surface area contributed by atoms with Gasteiger partial charge < -0.3 is 19.6 Å². The van der Waals surface area contributed by atoms with E-state index in [9.17, 15) is 9.90 Å². The topological polar surface area (TPSA) is 53.0 Å². The fourth-order valence-corrected chi connectivity index (χ4v) is 4.60. The molecule has 0 aromatic heterocycles. The lowest BCUT2D eigenvalue weighted by Gasteiger charge is -2.38. The van der Waals surface area contributed by atoms with Crippen LogP contribution < -0.4 is 0 Å². The van der Waals surface area contributed by atoms with Crippen LogP contribution in [0.1, 0.15) is 45.1 Å². The smallest absolute Gasteiger partial charge is 0.223 e. The van der Waals surface area contributed by atoms with E-state index in [0.717, 1.165) is 44.5 Å². The molecule has 162 valence electrons. The molecule has 2 heterocycles. The van der Waals surface area contributed by atoms with Crippen LogP contribution in [0.15, 0.2) is 30.3 Å². The summed E-state index contributed by atoms with van der Waals surface area (Å²) in [6.45, 7) is 8.30. The number of β-amino-alcohol motifs (C(OH)–C–C–N with tert-alkyl or cyclic N) is 1. The van der Waals surface area contributed by atoms with E-state index in [0.29, 0.717) is 38.0 Å². The number of carbonyl (C=O) groups is 1. The molecule has 0 bridgehead atoms. The van der Waals surface area contributed by atoms with Gasteiger partial charge in [-0.2, -0.15) is 0 Å². The van der Waals surface area contributed by atoms with Gasteiger partial charge in [0.15, 0.2) is 0 Å². The Kier molecular flexibility index (Phi) is 7.72. The number of ether oxygens (including phenoxy) is 1. The average Bonchev–Trinajstić information content (AvgIpc) is 2.69. The highest BCUT2D eigenvalue weighted by atomic mass is 16.5. The lowest BCUT2D eigenvalue weighted by atomic mass is 9.80. The predicted molar refractivity (Wildman–Crippen MR) is 115 cm³/mol. The number of hydrogen-bond donors (Lipinski definition) is 1. The third-order valence-electron chi connectivity index (χ3n) is 6.73. The quantitative estimate of drug-likeness (QED) is 0.826. The summed E-state index contributed by atoms with van der Waals surface area (Å²) < 4.78 is 5.94. The average molecular weight is 403 g/mol. The molecule has 1 aromatic rings. The van der Waals surface area contributed by atoms with Gasteiger partial charge in [-0.25, -0.2) is 0 Å². The van der Waals surface area contributed by atoms with E-state index >= 15 is 0 Å². The maximum absolute atomic E-state index is 13.4. The van der Waals surface area contributed by atoms with Gasteiger partial charge >= 0.3 is 0 Å². The van der Waals surface area contributed by atoms with E-state index in [1.54, 1.807) is 0 Å². The number of fused-ring (bicyclic) bond motifs is 1. The molecule has 2 aliphatic heterocycles. The number of carbonyl (C=O) groups excluding carboxylic acids is 1. The minimum atomic E-state index is -0.621. The molecular formula is C24H38N2O3. The van der Waals surface area contributed by atoms with Crippen molar-refractivity contribution >= 4 is 5.91 Å². The number of amides is 1. The predicted octanol–water partition coefficient (Wildman–Crippen LogP) is 3.17. The van der Waals surface area contributed by atoms with Crippen LogP contribution in [-0.4, -0.2) is 66.8 Å². The maximum atomic E-state index is 13.4. The van der Waals surface area contributed by atoms with Crippen LogP contribution in [0.3, 0.4) is 0 Å². The van der Waals surface area contributed by atoms with Crippen molar-refractivity contribution in [3.8, 4) is 0 Å². The first-order valence-corrected chi connectivity index (χ1v) is 11.1. The van der Waals surface area contributed by atoms with Crippen LogP contribution >= 0.6 is 0 Å². The van der Waals surface area contributed by atoms with E-state index in [4.69, 9.17) is 4.74 Å². The minimum Gasteiger partial charge on any atom is -0.391 e. The molecule has 2 saturated heterocycles. The summed E-state index contributed by atoms with van der Waals surface area (Å²) >= 11 is 0. The van der Waals surface area contributed by atoms with Crippen LogP contribution in [0.4, 0.5) is 0 Å². The maximum Gasteiger partial charge on any atom is 0.223 e. The van der Waals surface area contributed by atoms with Gasteiger partial charge in [0.2, 0.25) is 5.91 Å². The number of piperidine rings is 1. The van der Waals surface area contributed by atoms with Gasteiger partial charge in [-0.15, -0.1) is 0 Å². The van der Waals surface area contributed by atoms with Crippen molar-refractivity contribution in [3.63, 3.8) is 0 Å². The normalized spacial score (nSPS) is 30.0. The first-order chi connectivity index (χ1) is 13.8. The van der Waals surface area contributed by atoms with Gasteiger partial charge in [0.1, 0.15) is 0 Å². The second-order valence-electron chi connectivity index (χ2n) is 9.73. The Morgan fingerprint density at radius 2 is 1.90 bits per heavy atom. The Hall–Kier alpha value is -1.43. The highest BCUT2D eigenvalue weighted by molar-refractivity contribution is 5.76. The van der Waals surface area contributed by atoms with Gasteiger partial charge in [0.05, 0.1) is 12.7 Å². The second-order valence-corrected chi connectivity index (χ2v) is 9.73. The van der Waals surface area contributed by atoms with Crippen molar-refractivity contribution in [2.45, 2.75) is 52.2 Å². The van der Waals surface area contributed by atoms with E-state index in [2.05, 4.69) is 11.9 Å². The minimum absolute atomic E-state index is 0.170. The molecule has 5 heteroatoms. The largest absolute Gasteiger partial charge is 0.391 e. The molecule has 5 nitrogen and oxygen atoms in total. The summed E-state index contributed by atoms with van der Waals surface area (Å²) in [5.41, 5.74) is 0.710. The van der Waals surface area contributed by atoms with Gasteiger partial charge in [-0.3, -0.25) is 4.79 Å². The number of aliphatic hydroxyl groups is 1. The second kappa shape index (κ2) is 10.1.